The quantitative estimate of drug-likeness (QED) is 0.456. The Kier molecular flexibility index (Phi) is 5.64. The average molecular weight is 441 g/mol. The molecule has 1 atom stereocenters. The lowest BCUT2D eigenvalue weighted by atomic mass is 10.2. The summed E-state index contributed by atoms with van der Waals surface area (Å²) < 4.78 is 46.5. The van der Waals surface area contributed by atoms with Gasteiger partial charge in [0.15, 0.2) is 5.82 Å². The first-order valence-electron chi connectivity index (χ1n) is 8.15. The zero-order valence-corrected chi connectivity index (χ0v) is 16.7. The van der Waals surface area contributed by atoms with E-state index in [9.17, 15) is 22.9 Å². The van der Waals surface area contributed by atoms with Gasteiger partial charge in [-0.3, -0.25) is 10.1 Å². The van der Waals surface area contributed by atoms with Crippen LogP contribution in [0.4, 0.5) is 10.1 Å². The summed E-state index contributed by atoms with van der Waals surface area (Å²) in [5, 5.41) is 15.2. The third-order valence-corrected chi connectivity index (χ3v) is 5.74. The third-order valence-electron chi connectivity index (χ3n) is 3.97. The van der Waals surface area contributed by atoms with E-state index < -0.39 is 37.4 Å². The summed E-state index contributed by atoms with van der Waals surface area (Å²) in [7, 11) is -4.22. The van der Waals surface area contributed by atoms with Gasteiger partial charge in [0.25, 0.3) is 5.89 Å². The average Bonchev–Trinajstić information content (AvgIpc) is 3.14. The van der Waals surface area contributed by atoms with Crippen molar-refractivity contribution in [3.05, 3.63) is 68.7 Å². The maximum absolute atomic E-state index is 13.8. The SMILES string of the molecule is Cc1cc(S(=O)(=O)N[C@@H](C)c2noc(-c3ccc(Cl)cc3)n2)cc([N+](=O)[O-])c1F. The van der Waals surface area contributed by atoms with Crippen molar-refractivity contribution in [2.45, 2.75) is 24.8 Å². The van der Waals surface area contributed by atoms with Crippen LogP contribution in [0.25, 0.3) is 11.5 Å². The van der Waals surface area contributed by atoms with Crippen LogP contribution in [0, 0.1) is 22.9 Å². The molecule has 0 fully saturated rings. The molecule has 0 saturated heterocycles. The van der Waals surface area contributed by atoms with Crippen LogP contribution >= 0.6 is 11.6 Å². The fourth-order valence-electron chi connectivity index (χ4n) is 2.48. The number of aryl methyl sites for hydroxylation is 1. The molecule has 0 unspecified atom stereocenters. The molecule has 2 aromatic carbocycles. The number of hydrogen-bond donors (Lipinski definition) is 1. The van der Waals surface area contributed by atoms with Crippen LogP contribution in [0.2, 0.25) is 5.02 Å². The van der Waals surface area contributed by atoms with Gasteiger partial charge in [-0.05, 0) is 49.7 Å². The molecule has 152 valence electrons. The summed E-state index contributed by atoms with van der Waals surface area (Å²) in [6.45, 7) is 2.71. The number of nitro groups is 1. The molecule has 0 spiro atoms. The lowest BCUT2D eigenvalue weighted by Gasteiger charge is -2.11. The Bertz CT molecular complexity index is 1180. The van der Waals surface area contributed by atoms with E-state index in [1.807, 2.05) is 0 Å². The summed E-state index contributed by atoms with van der Waals surface area (Å²) in [5.74, 6) is -0.879. The molecule has 0 aliphatic heterocycles. The first kappa shape index (κ1) is 20.8. The number of nitrogens with zero attached hydrogens (tertiary/aromatic N) is 3. The number of sulfonamides is 1. The molecule has 9 nitrogen and oxygen atoms in total. The molecular weight excluding hydrogens is 427 g/mol. The summed E-state index contributed by atoms with van der Waals surface area (Å²) >= 11 is 5.83. The smallest absolute Gasteiger partial charge is 0.306 e. The lowest BCUT2D eigenvalue weighted by Crippen LogP contribution is -2.27. The highest BCUT2D eigenvalue weighted by molar-refractivity contribution is 7.89. The number of nitro benzene ring substituents is 1. The zero-order valence-electron chi connectivity index (χ0n) is 15.1. The predicted molar refractivity (Wildman–Crippen MR) is 101 cm³/mol. The zero-order chi connectivity index (χ0) is 21.3. The first-order valence-corrected chi connectivity index (χ1v) is 10.0. The van der Waals surface area contributed by atoms with Gasteiger partial charge >= 0.3 is 5.69 Å². The minimum absolute atomic E-state index is 0.0480. The number of halogens is 2. The van der Waals surface area contributed by atoms with Crippen LogP contribution in [-0.2, 0) is 10.0 Å². The van der Waals surface area contributed by atoms with Crippen molar-refractivity contribution in [2.75, 3.05) is 0 Å². The van der Waals surface area contributed by atoms with Gasteiger partial charge in [-0.2, -0.15) is 9.37 Å². The maximum atomic E-state index is 13.8. The molecule has 0 radical (unpaired) electrons. The number of aromatic nitrogens is 2. The van der Waals surface area contributed by atoms with Crippen LogP contribution in [0.1, 0.15) is 24.4 Å². The molecule has 0 bridgehead atoms. The number of nitrogens with one attached hydrogen (secondary N) is 1. The van der Waals surface area contributed by atoms with Gasteiger partial charge in [0, 0.05) is 16.7 Å². The molecule has 0 amide bonds. The maximum Gasteiger partial charge on any atom is 0.306 e. The van der Waals surface area contributed by atoms with E-state index in [2.05, 4.69) is 14.9 Å². The highest BCUT2D eigenvalue weighted by Crippen LogP contribution is 2.26. The van der Waals surface area contributed by atoms with E-state index in [-0.39, 0.29) is 17.3 Å². The molecule has 0 aliphatic rings. The molecule has 12 heteroatoms. The highest BCUT2D eigenvalue weighted by atomic mass is 35.5. The fourth-order valence-corrected chi connectivity index (χ4v) is 3.91. The van der Waals surface area contributed by atoms with Crippen molar-refractivity contribution in [2.24, 2.45) is 0 Å². The Morgan fingerprint density at radius 3 is 2.55 bits per heavy atom. The summed E-state index contributed by atoms with van der Waals surface area (Å²) in [4.78, 5) is 13.7. The van der Waals surface area contributed by atoms with Gasteiger partial charge in [-0.25, -0.2) is 13.1 Å². The molecule has 0 saturated carbocycles. The van der Waals surface area contributed by atoms with Gasteiger partial charge in [-0.1, -0.05) is 16.8 Å². The van der Waals surface area contributed by atoms with Crippen LogP contribution in [0.15, 0.2) is 45.8 Å². The first-order chi connectivity index (χ1) is 13.6. The van der Waals surface area contributed by atoms with Crippen LogP contribution in [0.5, 0.6) is 0 Å². The Balaban J connectivity index is 1.86. The van der Waals surface area contributed by atoms with Crippen molar-refractivity contribution in [3.63, 3.8) is 0 Å². The minimum Gasteiger partial charge on any atom is -0.334 e. The molecular formula is C17H14ClFN4O5S. The molecule has 0 aliphatic carbocycles. The topological polar surface area (TPSA) is 128 Å². The third kappa shape index (κ3) is 4.42. The minimum atomic E-state index is -4.22. The number of benzene rings is 2. The number of rotatable bonds is 6. The second-order valence-electron chi connectivity index (χ2n) is 6.14. The van der Waals surface area contributed by atoms with Crippen molar-refractivity contribution in [3.8, 4) is 11.5 Å². The normalized spacial score (nSPS) is 12.7. The van der Waals surface area contributed by atoms with Crippen molar-refractivity contribution >= 4 is 27.3 Å². The second kappa shape index (κ2) is 7.85. The molecule has 3 aromatic rings. The van der Waals surface area contributed by atoms with Crippen molar-refractivity contribution < 1.29 is 22.3 Å². The van der Waals surface area contributed by atoms with E-state index in [1.165, 1.54) is 13.8 Å². The Hall–Kier alpha value is -2.89. The summed E-state index contributed by atoms with van der Waals surface area (Å²) in [6, 6.07) is 7.34. The van der Waals surface area contributed by atoms with E-state index in [0.717, 1.165) is 6.07 Å². The van der Waals surface area contributed by atoms with Crippen molar-refractivity contribution in [1.29, 1.82) is 0 Å². The van der Waals surface area contributed by atoms with Crippen molar-refractivity contribution in [1.82, 2.24) is 14.9 Å². The molecule has 1 N–H and O–H groups in total. The van der Waals surface area contributed by atoms with Crippen LogP contribution < -0.4 is 4.72 Å². The van der Waals surface area contributed by atoms with E-state index in [4.69, 9.17) is 16.1 Å². The van der Waals surface area contributed by atoms with Gasteiger partial charge in [0.2, 0.25) is 15.8 Å². The molecule has 3 rings (SSSR count). The Morgan fingerprint density at radius 2 is 1.93 bits per heavy atom. The fraction of sp³-hybridized carbons (Fsp3) is 0.176. The predicted octanol–water partition coefficient (Wildman–Crippen LogP) is 3.79. The Labute approximate surface area is 169 Å². The summed E-state index contributed by atoms with van der Waals surface area (Å²) in [6.07, 6.45) is 0. The van der Waals surface area contributed by atoms with Gasteiger partial charge in [-0.15, -0.1) is 0 Å². The van der Waals surface area contributed by atoms with E-state index >= 15 is 0 Å². The van der Waals surface area contributed by atoms with Gasteiger partial charge in [0.1, 0.15) is 0 Å². The number of hydrogen-bond acceptors (Lipinski definition) is 7. The second-order valence-corrected chi connectivity index (χ2v) is 8.29. The van der Waals surface area contributed by atoms with Gasteiger partial charge in [0.05, 0.1) is 15.9 Å². The highest BCUT2D eigenvalue weighted by Gasteiger charge is 2.27. The standard InChI is InChI=1S/C17H14ClFN4O5S/c1-9-7-13(8-14(15(9)19)23(24)25)29(26,27)22-10(2)16-20-17(28-21-16)11-3-5-12(18)6-4-11/h3-8,10,22H,1-2H3/t10-/m0/s1. The lowest BCUT2D eigenvalue weighted by molar-refractivity contribution is -0.387. The molecule has 1 aromatic heterocycles. The monoisotopic (exact) mass is 440 g/mol. The van der Waals surface area contributed by atoms with Crippen LogP contribution in [0.3, 0.4) is 0 Å². The summed E-state index contributed by atoms with van der Waals surface area (Å²) in [5.41, 5.74) is -0.507. The van der Waals surface area contributed by atoms with Gasteiger partial charge < -0.3 is 4.52 Å². The van der Waals surface area contributed by atoms with E-state index in [1.54, 1.807) is 24.3 Å². The largest absolute Gasteiger partial charge is 0.334 e. The molecule has 1 heterocycles. The Morgan fingerprint density at radius 1 is 1.28 bits per heavy atom. The van der Waals surface area contributed by atoms with E-state index in [0.29, 0.717) is 16.7 Å². The molecule has 29 heavy (non-hydrogen) atoms. The van der Waals surface area contributed by atoms with Crippen LogP contribution in [-0.4, -0.2) is 23.5 Å².